The third kappa shape index (κ3) is 7.95. The molecule has 3 aliphatic carbocycles. The van der Waals surface area contributed by atoms with Gasteiger partial charge in [0.25, 0.3) is 0 Å². The van der Waals surface area contributed by atoms with Crippen LogP contribution < -0.4 is 5.32 Å². The fourth-order valence-electron chi connectivity index (χ4n) is 9.78. The summed E-state index contributed by atoms with van der Waals surface area (Å²) in [6.07, 6.45) is -11.6. The molecule has 3 fully saturated rings. The number of aliphatic hydroxyl groups is 3. The molecule has 1 saturated heterocycles. The molecule has 62 heavy (non-hydrogen) atoms. The van der Waals surface area contributed by atoms with Crippen molar-refractivity contribution in [2.75, 3.05) is 20.3 Å². The van der Waals surface area contributed by atoms with Crippen molar-refractivity contribution in [3.8, 4) is 0 Å². The van der Waals surface area contributed by atoms with Gasteiger partial charge in [-0.1, -0.05) is 75.7 Å². The number of Topliss-reactive ketones (excluding diaryl/α,β-unsaturated/α-hetero) is 1. The van der Waals surface area contributed by atoms with Crippen LogP contribution in [0.2, 0.25) is 0 Å². The molecule has 2 saturated carbocycles. The standard InChI is InChI=1S/C45H55NO16/c1-8-9-20-57-40(53)46-32(26-16-12-10-13-17-26)33(49)39(52)60-28-22-45(55)37(61-38(51)27-18-14-11-15-19-27)35-43(6,29(48)21-30-44(35,23-58-30)62-41(54)56-7)36(50)34(59-25(3)47)31(24(28)2)42(45,4)5/h10-19,28-30,32-35,37,48-49,55H,8-9,20-23H2,1-7H3,(H,46,53)/t28-,29-,30?,32-,33+,34+,35?,37?,43+,44-,45+/m0/s1. The molecule has 336 valence electrons. The van der Waals surface area contributed by atoms with Gasteiger partial charge in [-0.3, -0.25) is 9.59 Å². The van der Waals surface area contributed by atoms with E-state index in [0.29, 0.717) is 12.0 Å². The molecular weight excluding hydrogens is 810 g/mol. The molecule has 0 aromatic heterocycles. The minimum Gasteiger partial charge on any atom is -0.456 e. The van der Waals surface area contributed by atoms with Crippen LogP contribution in [-0.4, -0.2) is 119 Å². The molecule has 2 bridgehead atoms. The predicted octanol–water partition coefficient (Wildman–Crippen LogP) is 4.05. The maximum Gasteiger partial charge on any atom is 0.508 e. The van der Waals surface area contributed by atoms with Crippen LogP contribution in [-0.2, 0) is 47.5 Å². The van der Waals surface area contributed by atoms with E-state index in [0.717, 1.165) is 20.5 Å². The Kier molecular flexibility index (Phi) is 13.2. The summed E-state index contributed by atoms with van der Waals surface area (Å²) in [5.41, 5.74) is -7.64. The topological polar surface area (TPSA) is 240 Å². The number of fused-ring (bicyclic) bond motifs is 5. The average Bonchev–Trinajstić information content (AvgIpc) is 3.24. The highest BCUT2D eigenvalue weighted by molar-refractivity contribution is 5.95. The van der Waals surface area contributed by atoms with E-state index in [-0.39, 0.29) is 36.3 Å². The number of nitrogens with one attached hydrogen (secondary N) is 1. The van der Waals surface area contributed by atoms with Gasteiger partial charge in [0.1, 0.15) is 23.9 Å². The number of ketones is 1. The van der Waals surface area contributed by atoms with E-state index >= 15 is 4.79 Å². The number of rotatable bonds is 12. The first-order valence-corrected chi connectivity index (χ1v) is 20.6. The normalized spacial score (nSPS) is 31.8. The minimum absolute atomic E-state index is 0.0291. The Bertz CT molecular complexity index is 2070. The zero-order valence-corrected chi connectivity index (χ0v) is 35.8. The van der Waals surface area contributed by atoms with Crippen molar-refractivity contribution in [3.05, 3.63) is 82.9 Å². The Hall–Kier alpha value is -5.36. The molecule has 4 N–H and O–H groups in total. The predicted molar refractivity (Wildman–Crippen MR) is 215 cm³/mol. The Morgan fingerprint density at radius 1 is 0.968 bits per heavy atom. The highest BCUT2D eigenvalue weighted by Crippen LogP contribution is 2.64. The van der Waals surface area contributed by atoms with Gasteiger partial charge < -0.3 is 53.8 Å². The molecule has 2 aromatic rings. The molecule has 3 unspecified atom stereocenters. The van der Waals surface area contributed by atoms with Gasteiger partial charge in [-0.05, 0) is 49.1 Å². The SMILES string of the molecule is CCCCOC(=O)N[C@@H](c1ccccc1)[C@@H](O)C(=O)O[C@H]1C[C@@]2(O)C(OC(=O)c3ccccc3)C3[C@]4(OC(=O)OC)COC4C[C@H](O)[C@@]3(C)C(=O)[C@H](OC(C)=O)C(=C1C)C2(C)C. The van der Waals surface area contributed by atoms with Gasteiger partial charge in [0.15, 0.2) is 23.6 Å². The van der Waals surface area contributed by atoms with Crippen LogP contribution in [0.3, 0.4) is 0 Å². The minimum atomic E-state index is -2.43. The van der Waals surface area contributed by atoms with Crippen molar-refractivity contribution >= 4 is 35.9 Å². The average molecular weight is 866 g/mol. The van der Waals surface area contributed by atoms with Crippen LogP contribution in [0.4, 0.5) is 9.59 Å². The fraction of sp³-hybridized carbons (Fsp3) is 0.556. The Labute approximate surface area is 359 Å². The summed E-state index contributed by atoms with van der Waals surface area (Å²) < 4.78 is 40.2. The van der Waals surface area contributed by atoms with E-state index in [1.54, 1.807) is 48.5 Å². The smallest absolute Gasteiger partial charge is 0.456 e. The van der Waals surface area contributed by atoms with Gasteiger partial charge in [-0.25, -0.2) is 19.2 Å². The van der Waals surface area contributed by atoms with E-state index in [2.05, 4.69) is 5.32 Å². The quantitative estimate of drug-likeness (QED) is 0.102. The lowest BCUT2D eigenvalue weighted by atomic mass is 9.44. The third-order valence-corrected chi connectivity index (χ3v) is 13.3. The molecule has 0 spiro atoms. The molecule has 1 heterocycles. The van der Waals surface area contributed by atoms with E-state index in [1.165, 1.54) is 39.8 Å². The maximum absolute atomic E-state index is 15.5. The molecule has 17 heteroatoms. The van der Waals surface area contributed by atoms with Crippen molar-refractivity contribution in [2.24, 2.45) is 16.7 Å². The largest absolute Gasteiger partial charge is 0.508 e. The van der Waals surface area contributed by atoms with Crippen LogP contribution >= 0.6 is 0 Å². The molecule has 1 amide bonds. The van der Waals surface area contributed by atoms with E-state index in [4.69, 9.17) is 33.2 Å². The van der Waals surface area contributed by atoms with Crippen LogP contribution in [0.15, 0.2) is 71.8 Å². The number of ether oxygens (including phenoxy) is 7. The Morgan fingerprint density at radius 3 is 2.19 bits per heavy atom. The van der Waals surface area contributed by atoms with Gasteiger partial charge in [-0.2, -0.15) is 0 Å². The van der Waals surface area contributed by atoms with Crippen molar-refractivity contribution in [1.82, 2.24) is 5.32 Å². The first kappa shape index (κ1) is 46.2. The molecular formula is C45H55NO16. The van der Waals surface area contributed by atoms with Gasteiger partial charge in [0.05, 0.1) is 49.4 Å². The van der Waals surface area contributed by atoms with Crippen molar-refractivity contribution in [1.29, 1.82) is 0 Å². The lowest BCUT2D eigenvalue weighted by molar-refractivity contribution is -0.344. The Morgan fingerprint density at radius 2 is 1.61 bits per heavy atom. The second-order valence-electron chi connectivity index (χ2n) is 17.1. The van der Waals surface area contributed by atoms with Gasteiger partial charge in [0.2, 0.25) is 0 Å². The monoisotopic (exact) mass is 865 g/mol. The number of hydrogen-bond acceptors (Lipinski definition) is 16. The number of carbonyl (C=O) groups is 6. The number of benzene rings is 2. The number of alkyl carbamates (subject to hydrolysis) is 1. The number of carbonyl (C=O) groups excluding carboxylic acids is 6. The molecule has 1 aliphatic heterocycles. The Balaban J connectivity index is 1.53. The summed E-state index contributed by atoms with van der Waals surface area (Å²) in [6, 6.07) is 14.5. The van der Waals surface area contributed by atoms with Crippen molar-refractivity contribution in [3.63, 3.8) is 0 Å². The molecule has 0 radical (unpaired) electrons. The lowest BCUT2D eigenvalue weighted by Gasteiger charge is -2.67. The summed E-state index contributed by atoms with van der Waals surface area (Å²) in [6.45, 7) is 8.63. The zero-order chi connectivity index (χ0) is 45.4. The summed E-state index contributed by atoms with van der Waals surface area (Å²) >= 11 is 0. The lowest BCUT2D eigenvalue weighted by Crippen LogP contribution is -2.82. The second-order valence-corrected chi connectivity index (χ2v) is 17.1. The van der Waals surface area contributed by atoms with Gasteiger partial charge in [0, 0.05) is 25.2 Å². The highest BCUT2D eigenvalue weighted by atomic mass is 16.8. The van der Waals surface area contributed by atoms with E-state index < -0.39 is 113 Å². The van der Waals surface area contributed by atoms with Crippen LogP contribution in [0.1, 0.15) is 89.2 Å². The first-order chi connectivity index (χ1) is 29.3. The number of esters is 3. The van der Waals surface area contributed by atoms with Crippen LogP contribution in [0.25, 0.3) is 0 Å². The van der Waals surface area contributed by atoms with Crippen LogP contribution in [0, 0.1) is 16.7 Å². The maximum atomic E-state index is 15.5. The summed E-state index contributed by atoms with van der Waals surface area (Å²) in [4.78, 5) is 82.9. The molecule has 4 aliphatic rings. The van der Waals surface area contributed by atoms with Crippen molar-refractivity contribution < 1.29 is 77.2 Å². The summed E-state index contributed by atoms with van der Waals surface area (Å²) in [7, 11) is 1.07. The van der Waals surface area contributed by atoms with Gasteiger partial charge in [-0.15, -0.1) is 0 Å². The summed E-state index contributed by atoms with van der Waals surface area (Å²) in [5, 5.41) is 39.9. The number of unbranched alkanes of at least 4 members (excludes halogenated alkanes) is 1. The van der Waals surface area contributed by atoms with Gasteiger partial charge >= 0.3 is 30.2 Å². The third-order valence-electron chi connectivity index (χ3n) is 13.3. The fourth-order valence-corrected chi connectivity index (χ4v) is 9.78. The second kappa shape index (κ2) is 17.8. The molecule has 2 aromatic carbocycles. The van der Waals surface area contributed by atoms with Crippen molar-refractivity contribution in [2.45, 2.75) is 121 Å². The zero-order valence-electron chi connectivity index (χ0n) is 35.8. The molecule has 6 rings (SSSR count). The number of aliphatic hydroxyl groups excluding tert-OH is 2. The van der Waals surface area contributed by atoms with Crippen LogP contribution in [0.5, 0.6) is 0 Å². The highest BCUT2D eigenvalue weighted by Gasteiger charge is 2.78. The van der Waals surface area contributed by atoms with E-state index in [1.807, 2.05) is 6.92 Å². The summed E-state index contributed by atoms with van der Waals surface area (Å²) in [5.74, 6) is -5.67. The number of amides is 1. The molecule has 17 nitrogen and oxygen atoms in total. The first-order valence-electron chi connectivity index (χ1n) is 20.6. The number of hydrogen-bond donors (Lipinski definition) is 4. The number of methoxy groups -OCH3 is 1. The molecule has 11 atom stereocenters. The van der Waals surface area contributed by atoms with E-state index in [9.17, 15) is 39.3 Å².